The minimum absolute atomic E-state index is 0.119. The molecule has 0 radical (unpaired) electrons. The Morgan fingerprint density at radius 2 is 2.15 bits per heavy atom. The number of rotatable bonds is 2. The maximum Gasteiger partial charge on any atom is 0.286 e. The average molecular weight is 456 g/mol. The van der Waals surface area contributed by atoms with Gasteiger partial charge in [0.25, 0.3) is 11.2 Å². The summed E-state index contributed by atoms with van der Waals surface area (Å²) in [5.41, 5.74) is 2.46. The first-order valence-corrected chi connectivity index (χ1v) is 9.72. The lowest BCUT2D eigenvalue weighted by atomic mass is 10.0. The number of hydrogen-bond donors (Lipinski definition) is 1. The van der Waals surface area contributed by atoms with Crippen molar-refractivity contribution in [3.8, 4) is 0 Å². The van der Waals surface area contributed by atoms with Gasteiger partial charge in [0, 0.05) is 43.2 Å². The Morgan fingerprint density at radius 3 is 2.89 bits per heavy atom. The molecule has 1 N–H and O–H groups in total. The van der Waals surface area contributed by atoms with Gasteiger partial charge in [-0.25, -0.2) is 9.66 Å². The average Bonchev–Trinajstić information content (AvgIpc) is 2.63. The van der Waals surface area contributed by atoms with Gasteiger partial charge in [-0.3, -0.25) is 20.1 Å². The highest BCUT2D eigenvalue weighted by Crippen LogP contribution is 2.36. The van der Waals surface area contributed by atoms with Crippen molar-refractivity contribution in [3.05, 3.63) is 61.5 Å². The molecule has 142 valence electrons. The summed E-state index contributed by atoms with van der Waals surface area (Å²) in [6.45, 7) is 3.12. The van der Waals surface area contributed by atoms with Crippen molar-refractivity contribution in [1.82, 2.24) is 19.5 Å². The molecule has 27 heavy (non-hydrogen) atoms. The Balaban J connectivity index is 1.64. The van der Waals surface area contributed by atoms with Crippen LogP contribution in [0.1, 0.15) is 29.6 Å². The summed E-state index contributed by atoms with van der Waals surface area (Å²) < 4.78 is 29.0. The van der Waals surface area contributed by atoms with Crippen LogP contribution in [0.3, 0.4) is 0 Å². The Bertz CT molecular complexity index is 1000. The fraction of sp³-hybridized carbons (Fsp3) is 0.353. The molecule has 2 unspecified atom stereocenters. The second-order valence-electron chi connectivity index (χ2n) is 6.70. The van der Waals surface area contributed by atoms with Crippen LogP contribution in [0.4, 0.5) is 8.78 Å². The number of hydrogen-bond acceptors (Lipinski definition) is 5. The summed E-state index contributed by atoms with van der Waals surface area (Å²) in [4.78, 5) is 22.9. The normalized spacial score (nSPS) is 19.7. The molecule has 0 amide bonds. The Morgan fingerprint density at radius 1 is 1.37 bits per heavy atom. The fourth-order valence-electron chi connectivity index (χ4n) is 3.40. The molecule has 2 aliphatic rings. The monoisotopic (exact) mass is 455 g/mol. The number of fused-ring (bicyclic) bond motifs is 2. The zero-order valence-electron chi connectivity index (χ0n) is 14.4. The van der Waals surface area contributed by atoms with Gasteiger partial charge in [0.1, 0.15) is 10.6 Å². The summed E-state index contributed by atoms with van der Waals surface area (Å²) in [5, 5.41) is 0. The van der Waals surface area contributed by atoms with E-state index >= 15 is 0 Å². The molecule has 2 atom stereocenters. The molecule has 0 bridgehead atoms. The van der Waals surface area contributed by atoms with E-state index in [1.54, 1.807) is 9.24 Å². The predicted octanol–water partition coefficient (Wildman–Crippen LogP) is 2.67. The van der Waals surface area contributed by atoms with Crippen molar-refractivity contribution in [1.29, 1.82) is 0 Å². The van der Waals surface area contributed by atoms with E-state index in [0.717, 1.165) is 16.8 Å². The Kier molecular flexibility index (Phi) is 4.64. The number of nitrogens with zero attached hydrogens (tertiary/aromatic N) is 4. The molecule has 0 saturated carbocycles. The molecule has 2 aromatic rings. The first kappa shape index (κ1) is 18.7. The van der Waals surface area contributed by atoms with Crippen molar-refractivity contribution in [2.75, 3.05) is 12.0 Å². The van der Waals surface area contributed by atoms with Crippen molar-refractivity contribution < 1.29 is 8.78 Å². The van der Waals surface area contributed by atoms with Crippen LogP contribution in [0.2, 0.25) is 0 Å². The van der Waals surface area contributed by atoms with Gasteiger partial charge in [-0.15, -0.1) is 0 Å². The van der Waals surface area contributed by atoms with E-state index in [4.69, 9.17) is 0 Å². The van der Waals surface area contributed by atoms with Gasteiger partial charge in [0.15, 0.2) is 5.82 Å². The van der Waals surface area contributed by atoms with E-state index < -0.39 is 5.66 Å². The van der Waals surface area contributed by atoms with E-state index in [9.17, 15) is 13.6 Å². The molecule has 10 heteroatoms. The topological polar surface area (TPSA) is 63.1 Å². The zero-order chi connectivity index (χ0) is 19.3. The molecule has 0 aromatic carbocycles. The second kappa shape index (κ2) is 6.72. The van der Waals surface area contributed by atoms with Crippen molar-refractivity contribution in [3.63, 3.8) is 0 Å². The third kappa shape index (κ3) is 3.44. The van der Waals surface area contributed by atoms with Crippen molar-refractivity contribution in [2.24, 2.45) is 0 Å². The van der Waals surface area contributed by atoms with Crippen LogP contribution in [-0.2, 0) is 18.6 Å². The zero-order valence-corrected chi connectivity index (χ0v) is 17.2. The van der Waals surface area contributed by atoms with Crippen LogP contribution < -0.4 is 11.0 Å². The van der Waals surface area contributed by atoms with Crippen LogP contribution in [0.5, 0.6) is 0 Å². The maximum atomic E-state index is 13.6. The summed E-state index contributed by atoms with van der Waals surface area (Å²) in [6.07, 6.45) is 5.00. The molecule has 2 aromatic heterocycles. The van der Waals surface area contributed by atoms with Crippen LogP contribution in [0.15, 0.2) is 33.3 Å². The second-order valence-corrected chi connectivity index (χ2v) is 8.28. The molecule has 6 nitrogen and oxygen atoms in total. The SMILES string of the molecule is CC1=Cc2ncc(Br)c(=O)n2NC1N1CCc2ncc(C(F)(F)P)cc2C1. The third-order valence-corrected chi connectivity index (χ3v) is 5.68. The molecule has 0 saturated heterocycles. The quantitative estimate of drug-likeness (QED) is 0.705. The Labute approximate surface area is 165 Å². The van der Waals surface area contributed by atoms with Crippen molar-refractivity contribution in [2.45, 2.75) is 31.7 Å². The predicted molar refractivity (Wildman–Crippen MR) is 105 cm³/mol. The van der Waals surface area contributed by atoms with Gasteiger partial charge in [-0.05, 0) is 46.1 Å². The Hall–Kier alpha value is -1.70. The molecular weight excluding hydrogens is 439 g/mol. The van der Waals surface area contributed by atoms with Gasteiger partial charge < -0.3 is 0 Å². The number of aromatic nitrogens is 3. The van der Waals surface area contributed by atoms with Gasteiger partial charge in [-0.2, -0.15) is 8.78 Å². The standard InChI is InChI=1S/C17H17BrF2N5OP/c1-9-4-14-22-7-12(18)16(26)25(14)23-15(9)24-3-2-13-10(8-24)5-11(6-21-13)17(19,20)27/h4-7,15,23H,2-3,8,27H2,1H3. The lowest BCUT2D eigenvalue weighted by Gasteiger charge is -2.38. The minimum atomic E-state index is -3.01. The van der Waals surface area contributed by atoms with Gasteiger partial charge >= 0.3 is 0 Å². The third-order valence-electron chi connectivity index (χ3n) is 4.81. The van der Waals surface area contributed by atoms with Gasteiger partial charge in [-0.1, -0.05) is 9.24 Å². The summed E-state index contributed by atoms with van der Waals surface area (Å²) in [6, 6.07) is 1.52. The van der Waals surface area contributed by atoms with E-state index in [1.165, 1.54) is 23.1 Å². The molecule has 0 fully saturated rings. The highest BCUT2D eigenvalue weighted by Gasteiger charge is 2.31. The van der Waals surface area contributed by atoms with E-state index in [-0.39, 0.29) is 17.3 Å². The first-order valence-electron chi connectivity index (χ1n) is 8.35. The van der Waals surface area contributed by atoms with E-state index in [2.05, 4.69) is 36.2 Å². The summed E-state index contributed by atoms with van der Waals surface area (Å²) in [5.74, 6) is 0.529. The van der Waals surface area contributed by atoms with Crippen LogP contribution in [0.25, 0.3) is 6.08 Å². The van der Waals surface area contributed by atoms with Crippen LogP contribution >= 0.6 is 25.2 Å². The molecular formula is C17H17BrF2N5OP. The smallest absolute Gasteiger partial charge is 0.286 e. The highest BCUT2D eigenvalue weighted by atomic mass is 79.9. The fourth-order valence-corrected chi connectivity index (χ4v) is 3.84. The number of halogens is 3. The highest BCUT2D eigenvalue weighted by molar-refractivity contribution is 9.10. The lowest BCUT2D eigenvalue weighted by Crippen LogP contribution is -2.51. The number of alkyl halides is 2. The van der Waals surface area contributed by atoms with E-state index in [0.29, 0.717) is 29.8 Å². The maximum absolute atomic E-state index is 13.6. The molecule has 4 rings (SSSR count). The van der Waals surface area contributed by atoms with E-state index in [1.807, 2.05) is 13.0 Å². The number of nitrogens with one attached hydrogen (secondary N) is 1. The summed E-state index contributed by atoms with van der Waals surface area (Å²) in [7, 11) is 1.55. The van der Waals surface area contributed by atoms with Gasteiger partial charge in [0.05, 0.1) is 0 Å². The molecule has 0 aliphatic carbocycles. The van der Waals surface area contributed by atoms with Crippen LogP contribution in [0, 0.1) is 0 Å². The van der Waals surface area contributed by atoms with Crippen LogP contribution in [-0.4, -0.2) is 32.3 Å². The van der Waals surface area contributed by atoms with Crippen molar-refractivity contribution >= 4 is 31.2 Å². The van der Waals surface area contributed by atoms with Gasteiger partial charge in [0.2, 0.25) is 0 Å². The largest absolute Gasteiger partial charge is 0.300 e. The summed E-state index contributed by atoms with van der Waals surface area (Å²) >= 11 is 3.20. The number of pyridine rings is 1. The lowest BCUT2D eigenvalue weighted by molar-refractivity contribution is 0.103. The first-order chi connectivity index (χ1) is 12.7. The molecule has 2 aliphatic heterocycles. The molecule has 4 heterocycles. The molecule has 0 spiro atoms. The minimum Gasteiger partial charge on any atom is -0.300 e.